The molecule has 0 saturated heterocycles. The summed E-state index contributed by atoms with van der Waals surface area (Å²) < 4.78 is 46.1. The van der Waals surface area contributed by atoms with Gasteiger partial charge in [0.2, 0.25) is 0 Å². The first-order chi connectivity index (χ1) is 14.2. The Morgan fingerprint density at radius 3 is 2.60 bits per heavy atom. The second-order valence-electron chi connectivity index (χ2n) is 6.86. The molecule has 0 spiro atoms. The van der Waals surface area contributed by atoms with E-state index in [4.69, 9.17) is 4.74 Å². The monoisotopic (exact) mass is 433 g/mol. The lowest BCUT2D eigenvalue weighted by Gasteiger charge is -2.20. The molecule has 2 aromatic rings. The van der Waals surface area contributed by atoms with E-state index in [1.807, 2.05) is 0 Å². The van der Waals surface area contributed by atoms with Gasteiger partial charge >= 0.3 is 5.97 Å². The smallest absolute Gasteiger partial charge is 0.306 e. The van der Waals surface area contributed by atoms with Gasteiger partial charge in [0.1, 0.15) is 16.5 Å². The lowest BCUT2D eigenvalue weighted by atomic mass is 10.0. The van der Waals surface area contributed by atoms with Crippen molar-refractivity contribution in [3.8, 4) is 0 Å². The zero-order valence-corrected chi connectivity index (χ0v) is 16.9. The van der Waals surface area contributed by atoms with Crippen molar-refractivity contribution in [2.75, 3.05) is 17.2 Å². The van der Waals surface area contributed by atoms with Gasteiger partial charge in [0.15, 0.2) is 6.61 Å². The van der Waals surface area contributed by atoms with Crippen LogP contribution in [0.3, 0.4) is 0 Å². The average molecular weight is 433 g/mol. The third-order valence-corrected chi connectivity index (χ3v) is 5.60. The maximum absolute atomic E-state index is 12.9. The summed E-state index contributed by atoms with van der Waals surface area (Å²) in [5.41, 5.74) is 0.823. The Balaban J connectivity index is 1.47. The maximum atomic E-state index is 12.9. The Bertz CT molecular complexity index is 1080. The molecule has 1 aliphatic heterocycles. The first kappa shape index (κ1) is 21.4. The van der Waals surface area contributed by atoms with Crippen LogP contribution in [0.15, 0.2) is 57.8 Å². The van der Waals surface area contributed by atoms with Crippen LogP contribution in [0.4, 0.5) is 15.8 Å². The molecule has 30 heavy (non-hydrogen) atoms. The molecule has 1 aliphatic rings. The highest BCUT2D eigenvalue weighted by Crippen LogP contribution is 2.28. The normalized spacial score (nSPS) is 15.2. The molecule has 0 radical (unpaired) electrons. The Morgan fingerprint density at radius 2 is 1.87 bits per heavy atom. The van der Waals surface area contributed by atoms with Gasteiger partial charge in [-0.05, 0) is 42.3 Å². The number of anilines is 2. The average Bonchev–Trinajstić information content (AvgIpc) is 2.67. The first-order valence-electron chi connectivity index (χ1n) is 9.14. The number of sulfonamides is 1. The number of benzene rings is 2. The van der Waals surface area contributed by atoms with E-state index in [2.05, 4.69) is 15.0 Å². The molecule has 158 valence electrons. The molecule has 1 atom stereocenters. The lowest BCUT2D eigenvalue weighted by molar-refractivity contribution is -0.148. The van der Waals surface area contributed by atoms with Gasteiger partial charge in [0.05, 0.1) is 5.69 Å². The topological polar surface area (TPSA) is 114 Å². The molecule has 0 aromatic heterocycles. The molecule has 1 amide bonds. The van der Waals surface area contributed by atoms with Crippen LogP contribution >= 0.6 is 0 Å². The third kappa shape index (κ3) is 5.63. The van der Waals surface area contributed by atoms with Crippen LogP contribution in [0.2, 0.25) is 0 Å². The molecule has 1 heterocycles. The highest BCUT2D eigenvalue weighted by molar-refractivity contribution is 7.90. The minimum atomic E-state index is -3.79. The minimum absolute atomic E-state index is 0.0216. The summed E-state index contributed by atoms with van der Waals surface area (Å²) in [4.78, 5) is 23.9. The number of fused-ring (bicyclic) bond motifs is 1. The molecule has 2 N–H and O–H groups in total. The highest BCUT2D eigenvalue weighted by atomic mass is 32.2. The number of rotatable bonds is 7. The van der Waals surface area contributed by atoms with Gasteiger partial charge in [0.25, 0.3) is 15.9 Å². The van der Waals surface area contributed by atoms with Crippen LogP contribution in [-0.2, 0) is 24.3 Å². The number of halogens is 1. The number of hydrogen-bond acceptors (Lipinski definition) is 6. The summed E-state index contributed by atoms with van der Waals surface area (Å²) in [6, 6.07) is 11.6. The number of nitrogens with zero attached hydrogens (tertiary/aromatic N) is 1. The van der Waals surface area contributed by atoms with E-state index in [1.54, 1.807) is 25.1 Å². The van der Waals surface area contributed by atoms with Gasteiger partial charge in [-0.3, -0.25) is 9.59 Å². The van der Waals surface area contributed by atoms with Crippen molar-refractivity contribution in [1.29, 1.82) is 0 Å². The van der Waals surface area contributed by atoms with E-state index >= 15 is 0 Å². The molecule has 0 bridgehead atoms. The van der Waals surface area contributed by atoms with Gasteiger partial charge in [0, 0.05) is 18.5 Å². The van der Waals surface area contributed by atoms with Crippen molar-refractivity contribution in [3.63, 3.8) is 0 Å². The second kappa shape index (κ2) is 9.04. The summed E-state index contributed by atoms with van der Waals surface area (Å²) in [5.74, 6) is -1.62. The zero-order chi connectivity index (χ0) is 21.7. The molecule has 3 rings (SSSR count). The molecule has 8 nitrogen and oxygen atoms in total. The molecule has 2 aromatic carbocycles. The number of carbonyl (C=O) groups is 2. The Hall–Kier alpha value is -3.27. The standard InChI is InChI=1S/C20H20FN3O5S/c1-13(10-18-23-16-4-2-3-5-17(16)30(27,28)24-18)11-20(26)29-12-19(25)22-15-8-6-14(21)7-9-15/h2-9,13H,10-12H2,1H3,(H,22,25)(H,23,24)/t13-/m1/s1. The van der Waals surface area contributed by atoms with Gasteiger partial charge in [-0.2, -0.15) is 8.42 Å². The van der Waals surface area contributed by atoms with E-state index in [1.165, 1.54) is 30.3 Å². The number of ether oxygens (including phenoxy) is 1. The number of amidine groups is 1. The fraction of sp³-hybridized carbons (Fsp3) is 0.250. The number of esters is 1. The zero-order valence-electron chi connectivity index (χ0n) is 16.1. The van der Waals surface area contributed by atoms with Crippen molar-refractivity contribution < 1.29 is 27.1 Å². The molecule has 0 unspecified atom stereocenters. The Morgan fingerprint density at radius 1 is 1.17 bits per heavy atom. The van der Waals surface area contributed by atoms with Crippen molar-refractivity contribution >= 4 is 39.1 Å². The summed E-state index contributed by atoms with van der Waals surface area (Å²) in [7, 11) is -3.79. The van der Waals surface area contributed by atoms with E-state index in [9.17, 15) is 22.4 Å². The largest absolute Gasteiger partial charge is 0.456 e. The van der Waals surface area contributed by atoms with Crippen LogP contribution in [0.5, 0.6) is 0 Å². The Labute approximate surface area is 173 Å². The summed E-state index contributed by atoms with van der Waals surface area (Å²) in [6.45, 7) is 1.26. The molecular formula is C20H20FN3O5S. The van der Waals surface area contributed by atoms with Crippen LogP contribution < -0.4 is 10.6 Å². The highest BCUT2D eigenvalue weighted by Gasteiger charge is 2.25. The van der Waals surface area contributed by atoms with E-state index in [0.717, 1.165) is 0 Å². The quantitative estimate of drug-likeness (QED) is 0.649. The SMILES string of the molecule is C[C@@H](CC(=O)OCC(=O)Nc1ccc(F)cc1)CC1=NS(=O)(=O)c2ccccc2N1. The van der Waals surface area contributed by atoms with Gasteiger partial charge in [-0.25, -0.2) is 4.39 Å². The van der Waals surface area contributed by atoms with Gasteiger partial charge in [-0.1, -0.05) is 19.1 Å². The van der Waals surface area contributed by atoms with Crippen molar-refractivity contribution in [1.82, 2.24) is 0 Å². The molecule has 10 heteroatoms. The first-order valence-corrected chi connectivity index (χ1v) is 10.6. The molecular weight excluding hydrogens is 413 g/mol. The summed E-state index contributed by atoms with van der Waals surface area (Å²) in [5, 5.41) is 5.45. The predicted octanol–water partition coefficient (Wildman–Crippen LogP) is 2.94. The van der Waals surface area contributed by atoms with Crippen LogP contribution in [-0.4, -0.2) is 32.7 Å². The predicted molar refractivity (Wildman–Crippen MR) is 109 cm³/mol. The minimum Gasteiger partial charge on any atom is -0.456 e. The van der Waals surface area contributed by atoms with E-state index < -0.39 is 34.3 Å². The third-order valence-electron chi connectivity index (χ3n) is 4.22. The second-order valence-corrected chi connectivity index (χ2v) is 8.44. The molecule has 0 aliphatic carbocycles. The molecule has 0 saturated carbocycles. The van der Waals surface area contributed by atoms with Crippen molar-refractivity contribution in [2.24, 2.45) is 10.3 Å². The fourth-order valence-corrected chi connectivity index (χ4v) is 4.03. The molecule has 0 fully saturated rings. The number of para-hydroxylation sites is 1. The van der Waals surface area contributed by atoms with Gasteiger partial charge < -0.3 is 15.4 Å². The van der Waals surface area contributed by atoms with Crippen LogP contribution in [0.25, 0.3) is 0 Å². The number of hydrogen-bond donors (Lipinski definition) is 2. The number of amides is 1. The summed E-state index contributed by atoms with van der Waals surface area (Å²) in [6.07, 6.45) is 0.191. The number of carbonyl (C=O) groups excluding carboxylic acids is 2. The van der Waals surface area contributed by atoms with Crippen LogP contribution in [0.1, 0.15) is 19.8 Å². The fourth-order valence-electron chi connectivity index (χ4n) is 2.88. The summed E-state index contributed by atoms with van der Waals surface area (Å²) >= 11 is 0. The lowest BCUT2D eigenvalue weighted by Crippen LogP contribution is -2.25. The Kier molecular flexibility index (Phi) is 6.46. The van der Waals surface area contributed by atoms with E-state index in [0.29, 0.717) is 11.4 Å². The van der Waals surface area contributed by atoms with E-state index in [-0.39, 0.29) is 29.5 Å². The van der Waals surface area contributed by atoms with Crippen molar-refractivity contribution in [2.45, 2.75) is 24.7 Å². The van der Waals surface area contributed by atoms with Gasteiger partial charge in [-0.15, -0.1) is 4.40 Å². The maximum Gasteiger partial charge on any atom is 0.306 e. The van der Waals surface area contributed by atoms with Crippen LogP contribution in [0, 0.1) is 11.7 Å². The number of nitrogens with one attached hydrogen (secondary N) is 2. The van der Waals surface area contributed by atoms with Crippen molar-refractivity contribution in [3.05, 3.63) is 54.3 Å².